The molecule has 11 rings (SSSR count). The Bertz CT molecular complexity index is 3570. The average molecular weight is 858 g/mol. The molecule has 324 valence electrons. The molecule has 0 aliphatic heterocycles. The third-order valence-corrected chi connectivity index (χ3v) is 13.2. The molecule has 0 amide bonds. The van der Waals surface area contributed by atoms with Crippen LogP contribution in [0, 0.1) is 0 Å². The Morgan fingerprint density at radius 3 is 1.42 bits per heavy atom. The van der Waals surface area contributed by atoms with Crippen LogP contribution in [0.1, 0.15) is 66.0 Å². The maximum atomic E-state index is 5.23. The van der Waals surface area contributed by atoms with E-state index in [9.17, 15) is 0 Å². The molecule has 0 fully saturated rings. The van der Waals surface area contributed by atoms with Crippen LogP contribution in [0.25, 0.3) is 100 Å². The molecule has 5 heteroatoms. The van der Waals surface area contributed by atoms with Crippen LogP contribution in [-0.4, -0.2) is 23.7 Å². The fourth-order valence-corrected chi connectivity index (χ4v) is 10.4. The van der Waals surface area contributed by atoms with Gasteiger partial charge in [0.05, 0.1) is 33.1 Å². The standard InChI is InChI=1S/C61H55N5/c1-8-38-64-56-46(40-30-34-42(35-31-40)58-62-50-26-15-17-28-52(50)65(58)44-20-11-9-12-21-44)24-19-25-47(56)48-39-49(60(2,3)4)55(61(5,6)7)54(57(48)64)41-32-36-43(37-33-41)59-63-51-27-16-18-29-53(51)66(59)45-22-13-10-14-23-45/h9-37,39H,8,38H2,1-7H3. The normalized spacial score (nSPS) is 12.3. The monoisotopic (exact) mass is 857 g/mol. The second-order valence-electron chi connectivity index (χ2n) is 19.8. The number of hydrogen-bond donors (Lipinski definition) is 0. The lowest BCUT2D eigenvalue weighted by molar-refractivity contribution is 0.532. The van der Waals surface area contributed by atoms with Crippen LogP contribution in [-0.2, 0) is 17.4 Å². The molecule has 0 bridgehead atoms. The first-order valence-electron chi connectivity index (χ1n) is 23.4. The molecule has 66 heavy (non-hydrogen) atoms. The summed E-state index contributed by atoms with van der Waals surface area (Å²) in [5.41, 5.74) is 18.6. The highest BCUT2D eigenvalue weighted by atomic mass is 15.1. The first-order valence-corrected chi connectivity index (χ1v) is 23.4. The first kappa shape index (κ1) is 41.2. The molecular weight excluding hydrogens is 803 g/mol. The van der Waals surface area contributed by atoms with E-state index in [0.29, 0.717) is 0 Å². The summed E-state index contributed by atoms with van der Waals surface area (Å²) in [5.74, 6) is 1.87. The van der Waals surface area contributed by atoms with Gasteiger partial charge >= 0.3 is 0 Å². The molecule has 0 N–H and O–H groups in total. The van der Waals surface area contributed by atoms with Crippen molar-refractivity contribution in [3.63, 3.8) is 0 Å². The van der Waals surface area contributed by atoms with Crippen molar-refractivity contribution in [2.45, 2.75) is 72.3 Å². The van der Waals surface area contributed by atoms with Crippen molar-refractivity contribution in [1.82, 2.24) is 23.7 Å². The lowest BCUT2D eigenvalue weighted by atomic mass is 9.71. The smallest absolute Gasteiger partial charge is 0.145 e. The van der Waals surface area contributed by atoms with Crippen molar-refractivity contribution in [2.75, 3.05) is 0 Å². The number of imidazole rings is 2. The predicted octanol–water partition coefficient (Wildman–Crippen LogP) is 16.1. The number of benzene rings is 8. The zero-order valence-corrected chi connectivity index (χ0v) is 39.0. The van der Waals surface area contributed by atoms with Gasteiger partial charge in [-0.2, -0.15) is 0 Å². The Balaban J connectivity index is 1.12. The van der Waals surface area contributed by atoms with Crippen molar-refractivity contribution < 1.29 is 0 Å². The zero-order valence-electron chi connectivity index (χ0n) is 39.0. The highest BCUT2D eigenvalue weighted by Gasteiger charge is 2.33. The van der Waals surface area contributed by atoms with E-state index < -0.39 is 0 Å². The number of aryl methyl sites for hydroxylation is 1. The average Bonchev–Trinajstić information content (AvgIpc) is 4.02. The SMILES string of the molecule is CCCn1c2c(-c3ccc(-c4nc5ccccc5n4-c4ccccc4)cc3)cccc2c2cc(C(C)(C)C)c(C(C)(C)C)c(-c3ccc(-c4nc5ccccc5n4-c4ccccc4)cc3)c21. The van der Waals surface area contributed by atoms with E-state index in [1.807, 2.05) is 0 Å². The van der Waals surface area contributed by atoms with Gasteiger partial charge in [-0.3, -0.25) is 9.13 Å². The summed E-state index contributed by atoms with van der Waals surface area (Å²) < 4.78 is 7.20. The fourth-order valence-electron chi connectivity index (χ4n) is 10.4. The minimum absolute atomic E-state index is 0.102. The molecule has 8 aromatic carbocycles. The molecule has 0 saturated heterocycles. The van der Waals surface area contributed by atoms with Gasteiger partial charge in [-0.15, -0.1) is 0 Å². The van der Waals surface area contributed by atoms with Gasteiger partial charge in [0.25, 0.3) is 0 Å². The summed E-state index contributed by atoms with van der Waals surface area (Å²) in [4.78, 5) is 10.4. The Kier molecular flexibility index (Phi) is 9.92. The van der Waals surface area contributed by atoms with Crippen molar-refractivity contribution >= 4 is 43.9 Å². The molecule has 0 unspecified atom stereocenters. The van der Waals surface area contributed by atoms with Crippen molar-refractivity contribution in [1.29, 1.82) is 0 Å². The van der Waals surface area contributed by atoms with Gasteiger partial charge in [-0.25, -0.2) is 9.97 Å². The van der Waals surface area contributed by atoms with Crippen LogP contribution in [0.5, 0.6) is 0 Å². The Morgan fingerprint density at radius 1 is 0.439 bits per heavy atom. The maximum Gasteiger partial charge on any atom is 0.145 e. The Morgan fingerprint density at radius 2 is 0.924 bits per heavy atom. The van der Waals surface area contributed by atoms with E-state index >= 15 is 0 Å². The van der Waals surface area contributed by atoms with E-state index in [0.717, 1.165) is 69.2 Å². The number of nitrogens with zero attached hydrogens (tertiary/aromatic N) is 5. The molecule has 0 atom stereocenters. The van der Waals surface area contributed by atoms with Crippen LogP contribution >= 0.6 is 0 Å². The molecule has 3 aromatic heterocycles. The summed E-state index contributed by atoms with van der Waals surface area (Å²) in [6.45, 7) is 17.5. The van der Waals surface area contributed by atoms with E-state index in [1.165, 1.54) is 55.2 Å². The van der Waals surface area contributed by atoms with Crippen LogP contribution in [0.15, 0.2) is 182 Å². The van der Waals surface area contributed by atoms with Gasteiger partial charge in [0, 0.05) is 50.9 Å². The number of para-hydroxylation sites is 7. The van der Waals surface area contributed by atoms with Crippen LogP contribution in [0.4, 0.5) is 0 Å². The zero-order chi connectivity index (χ0) is 45.3. The molecular formula is C61H55N5. The van der Waals surface area contributed by atoms with Gasteiger partial charge in [-0.05, 0) is 94.1 Å². The minimum Gasteiger partial charge on any atom is -0.339 e. The molecule has 5 nitrogen and oxygen atoms in total. The van der Waals surface area contributed by atoms with Gasteiger partial charge < -0.3 is 4.57 Å². The summed E-state index contributed by atoms with van der Waals surface area (Å²) in [6, 6.07) is 65.7. The van der Waals surface area contributed by atoms with Crippen LogP contribution < -0.4 is 0 Å². The minimum atomic E-state index is -0.144. The summed E-state index contributed by atoms with van der Waals surface area (Å²) in [7, 11) is 0. The van der Waals surface area contributed by atoms with E-state index in [2.05, 4.69) is 244 Å². The molecule has 0 spiro atoms. The van der Waals surface area contributed by atoms with Gasteiger partial charge in [0.1, 0.15) is 11.6 Å². The van der Waals surface area contributed by atoms with Crippen molar-refractivity contribution in [3.8, 4) is 56.4 Å². The predicted molar refractivity (Wildman–Crippen MR) is 278 cm³/mol. The molecule has 11 aromatic rings. The quantitative estimate of drug-likeness (QED) is 0.153. The number of aromatic nitrogens is 5. The highest BCUT2D eigenvalue weighted by Crippen LogP contribution is 2.49. The molecule has 0 aliphatic rings. The molecule has 3 heterocycles. The summed E-state index contributed by atoms with van der Waals surface area (Å²) in [5, 5.41) is 2.59. The highest BCUT2D eigenvalue weighted by molar-refractivity contribution is 6.17. The summed E-state index contributed by atoms with van der Waals surface area (Å²) in [6.07, 6.45) is 1.00. The maximum absolute atomic E-state index is 5.23. The van der Waals surface area contributed by atoms with Crippen molar-refractivity contribution in [3.05, 3.63) is 193 Å². The largest absolute Gasteiger partial charge is 0.339 e. The third kappa shape index (κ3) is 6.84. The van der Waals surface area contributed by atoms with Crippen LogP contribution in [0.3, 0.4) is 0 Å². The van der Waals surface area contributed by atoms with Crippen LogP contribution in [0.2, 0.25) is 0 Å². The lowest BCUT2D eigenvalue weighted by Gasteiger charge is -2.33. The third-order valence-electron chi connectivity index (χ3n) is 13.2. The Labute approximate surface area is 387 Å². The van der Waals surface area contributed by atoms with E-state index in [-0.39, 0.29) is 10.8 Å². The molecule has 0 aliphatic carbocycles. The molecule has 0 saturated carbocycles. The topological polar surface area (TPSA) is 40.6 Å². The first-order chi connectivity index (χ1) is 32.0. The number of rotatable bonds is 8. The number of fused-ring (bicyclic) bond motifs is 5. The number of hydrogen-bond acceptors (Lipinski definition) is 2. The van der Waals surface area contributed by atoms with E-state index in [4.69, 9.17) is 9.97 Å². The Hall–Kier alpha value is -7.50. The van der Waals surface area contributed by atoms with Crippen molar-refractivity contribution in [2.24, 2.45) is 0 Å². The van der Waals surface area contributed by atoms with Gasteiger partial charge in [-0.1, -0.05) is 176 Å². The second kappa shape index (κ2) is 15.9. The van der Waals surface area contributed by atoms with E-state index in [1.54, 1.807) is 0 Å². The lowest BCUT2D eigenvalue weighted by Crippen LogP contribution is -2.23. The molecule has 0 radical (unpaired) electrons. The second-order valence-corrected chi connectivity index (χ2v) is 19.8. The fraction of sp³-hybridized carbons (Fsp3) is 0.180. The van der Waals surface area contributed by atoms with Gasteiger partial charge in [0.2, 0.25) is 0 Å². The summed E-state index contributed by atoms with van der Waals surface area (Å²) >= 11 is 0. The van der Waals surface area contributed by atoms with Gasteiger partial charge in [0.15, 0.2) is 0 Å².